The van der Waals surface area contributed by atoms with Crippen molar-refractivity contribution in [2.75, 3.05) is 13.2 Å². The molecule has 0 aliphatic rings. The number of ether oxygens (including phenoxy) is 3. The third-order valence-corrected chi connectivity index (χ3v) is 17.9. The summed E-state index contributed by atoms with van der Waals surface area (Å²) in [5.41, 5.74) is 0. The fourth-order valence-corrected chi connectivity index (χ4v) is 12.2. The Kier molecular flexibility index (Phi) is 70.5. The van der Waals surface area contributed by atoms with Gasteiger partial charge in [0.05, 0.1) is 0 Å². The van der Waals surface area contributed by atoms with Gasteiger partial charge in [0.15, 0.2) is 6.10 Å². The van der Waals surface area contributed by atoms with Crippen molar-refractivity contribution in [3.05, 3.63) is 0 Å². The van der Waals surface area contributed by atoms with Crippen molar-refractivity contribution in [3.8, 4) is 0 Å². The highest BCUT2D eigenvalue weighted by Gasteiger charge is 2.20. The molecule has 1 unspecified atom stereocenters. The zero-order valence-electron chi connectivity index (χ0n) is 56.3. The van der Waals surface area contributed by atoms with Gasteiger partial charge in [0.25, 0.3) is 0 Å². The van der Waals surface area contributed by atoms with Crippen LogP contribution in [-0.2, 0) is 28.6 Å². The molecule has 0 aromatic rings. The average molecular weight is 1160 g/mol. The van der Waals surface area contributed by atoms with Crippen molar-refractivity contribution < 1.29 is 28.6 Å². The van der Waals surface area contributed by atoms with E-state index in [0.29, 0.717) is 19.3 Å². The molecule has 0 saturated carbocycles. The van der Waals surface area contributed by atoms with E-state index in [-0.39, 0.29) is 31.1 Å². The van der Waals surface area contributed by atoms with Crippen LogP contribution >= 0.6 is 0 Å². The van der Waals surface area contributed by atoms with Gasteiger partial charge in [-0.25, -0.2) is 0 Å². The van der Waals surface area contributed by atoms with Gasteiger partial charge in [0, 0.05) is 19.3 Å². The molecule has 0 aliphatic heterocycles. The Morgan fingerprint density at radius 1 is 0.195 bits per heavy atom. The van der Waals surface area contributed by atoms with Gasteiger partial charge < -0.3 is 14.2 Å². The molecule has 0 spiro atoms. The number of unbranched alkanes of at least 4 members (excludes halogenated alkanes) is 61. The maximum Gasteiger partial charge on any atom is 0.306 e. The van der Waals surface area contributed by atoms with Crippen LogP contribution in [0.1, 0.15) is 451 Å². The first-order valence-corrected chi connectivity index (χ1v) is 38.0. The van der Waals surface area contributed by atoms with Crippen LogP contribution in [0.3, 0.4) is 0 Å². The first kappa shape index (κ1) is 80.4. The number of esters is 3. The Morgan fingerprint density at radius 2 is 0.329 bits per heavy atom. The molecule has 0 radical (unpaired) electrons. The second-order valence-electron chi connectivity index (χ2n) is 26.3. The van der Waals surface area contributed by atoms with E-state index in [9.17, 15) is 14.4 Å². The van der Waals surface area contributed by atoms with Crippen molar-refractivity contribution in [1.82, 2.24) is 0 Å². The van der Waals surface area contributed by atoms with Crippen LogP contribution in [0, 0.1) is 0 Å². The van der Waals surface area contributed by atoms with Crippen molar-refractivity contribution in [2.45, 2.75) is 457 Å². The molecule has 0 aromatic heterocycles. The molecule has 488 valence electrons. The molecule has 0 bridgehead atoms. The Balaban J connectivity index is 3.89. The monoisotopic (exact) mass is 1160 g/mol. The summed E-state index contributed by atoms with van der Waals surface area (Å²) < 4.78 is 16.9. The molecule has 1 atom stereocenters. The summed E-state index contributed by atoms with van der Waals surface area (Å²) in [6, 6.07) is 0. The summed E-state index contributed by atoms with van der Waals surface area (Å²) in [4.78, 5) is 38.2. The largest absolute Gasteiger partial charge is 0.462 e. The molecule has 0 aliphatic carbocycles. The van der Waals surface area contributed by atoms with Gasteiger partial charge >= 0.3 is 17.9 Å². The minimum atomic E-state index is -0.762. The van der Waals surface area contributed by atoms with Crippen molar-refractivity contribution >= 4 is 17.9 Å². The normalized spacial score (nSPS) is 11.9. The number of rotatable bonds is 72. The summed E-state index contributed by atoms with van der Waals surface area (Å²) in [5.74, 6) is -0.834. The van der Waals surface area contributed by atoms with Crippen LogP contribution in [0.2, 0.25) is 0 Å². The van der Waals surface area contributed by atoms with Gasteiger partial charge in [-0.3, -0.25) is 14.4 Å². The summed E-state index contributed by atoms with van der Waals surface area (Å²) in [7, 11) is 0. The van der Waals surface area contributed by atoms with Crippen LogP contribution in [0.25, 0.3) is 0 Å². The zero-order chi connectivity index (χ0) is 59.2. The highest BCUT2D eigenvalue weighted by molar-refractivity contribution is 5.71. The first-order valence-electron chi connectivity index (χ1n) is 38.0. The number of carbonyl (C=O) groups excluding carboxylic acids is 3. The summed E-state index contributed by atoms with van der Waals surface area (Å²) in [6.45, 7) is 6.68. The number of hydrogen-bond acceptors (Lipinski definition) is 6. The lowest BCUT2D eigenvalue weighted by molar-refractivity contribution is -0.167. The minimum Gasteiger partial charge on any atom is -0.462 e. The molecule has 0 N–H and O–H groups in total. The fourth-order valence-electron chi connectivity index (χ4n) is 12.2. The summed E-state index contributed by atoms with van der Waals surface area (Å²) in [5, 5.41) is 0. The van der Waals surface area contributed by atoms with Gasteiger partial charge in [-0.05, 0) is 19.3 Å². The van der Waals surface area contributed by atoms with E-state index in [1.807, 2.05) is 0 Å². The Bertz CT molecular complexity index is 1240. The molecule has 6 nitrogen and oxygen atoms in total. The molecule has 0 aromatic carbocycles. The van der Waals surface area contributed by atoms with Crippen LogP contribution in [0.15, 0.2) is 0 Å². The summed E-state index contributed by atoms with van der Waals surface area (Å²) >= 11 is 0. The maximum atomic E-state index is 12.9. The maximum absolute atomic E-state index is 12.9. The second-order valence-corrected chi connectivity index (χ2v) is 26.3. The number of carbonyl (C=O) groups is 3. The zero-order valence-corrected chi connectivity index (χ0v) is 56.3. The molecule has 0 heterocycles. The van der Waals surface area contributed by atoms with Crippen molar-refractivity contribution in [1.29, 1.82) is 0 Å². The second kappa shape index (κ2) is 71.9. The smallest absolute Gasteiger partial charge is 0.306 e. The topological polar surface area (TPSA) is 78.9 Å². The predicted molar refractivity (Wildman–Crippen MR) is 358 cm³/mol. The van der Waals surface area contributed by atoms with Gasteiger partial charge in [-0.2, -0.15) is 0 Å². The third kappa shape index (κ3) is 69.2. The molecule has 0 rings (SSSR count). The van der Waals surface area contributed by atoms with E-state index in [1.165, 1.54) is 353 Å². The summed E-state index contributed by atoms with van der Waals surface area (Å²) in [6.07, 6.45) is 86.4. The number of hydrogen-bond donors (Lipinski definition) is 0. The first-order chi connectivity index (χ1) is 40.5. The molecule has 0 amide bonds. The van der Waals surface area contributed by atoms with E-state index in [4.69, 9.17) is 14.2 Å². The van der Waals surface area contributed by atoms with Crippen molar-refractivity contribution in [3.63, 3.8) is 0 Å². The van der Waals surface area contributed by atoms with Crippen molar-refractivity contribution in [2.24, 2.45) is 0 Å². The molecule has 82 heavy (non-hydrogen) atoms. The van der Waals surface area contributed by atoms with Crippen LogP contribution in [0.5, 0.6) is 0 Å². The minimum absolute atomic E-state index is 0.0615. The van der Waals surface area contributed by atoms with E-state index in [0.717, 1.165) is 57.8 Å². The highest BCUT2D eigenvalue weighted by Crippen LogP contribution is 2.20. The van der Waals surface area contributed by atoms with Gasteiger partial charge in [-0.1, -0.05) is 412 Å². The van der Waals surface area contributed by atoms with E-state index in [1.54, 1.807) is 0 Å². The Hall–Kier alpha value is -1.59. The van der Waals surface area contributed by atoms with Gasteiger partial charge in [-0.15, -0.1) is 0 Å². The molecule has 0 fully saturated rings. The molecular formula is C76H148O6. The fraction of sp³-hybridized carbons (Fsp3) is 0.961. The molecule has 0 saturated heterocycles. The quantitative estimate of drug-likeness (QED) is 0.0343. The van der Waals surface area contributed by atoms with Gasteiger partial charge in [0.2, 0.25) is 0 Å². The van der Waals surface area contributed by atoms with Crippen LogP contribution in [-0.4, -0.2) is 37.2 Å². The molecular weight excluding hydrogens is 1010 g/mol. The average Bonchev–Trinajstić information content (AvgIpc) is 3.47. The lowest BCUT2D eigenvalue weighted by atomic mass is 10.0. The van der Waals surface area contributed by atoms with E-state index < -0.39 is 6.10 Å². The van der Waals surface area contributed by atoms with E-state index in [2.05, 4.69) is 20.8 Å². The standard InChI is InChI=1S/C76H148O6/c1-4-7-10-13-16-18-20-22-24-26-28-30-32-34-36-37-38-39-41-42-44-46-48-50-52-54-56-58-60-63-66-69-75(78)81-72-73(71-80-74(77)68-65-62-15-12-9-6-3)82-76(79)70-67-64-61-59-57-55-53-51-49-47-45-43-40-35-33-31-29-27-25-23-21-19-17-14-11-8-5-2/h73H,4-72H2,1-3H3. The van der Waals surface area contributed by atoms with Crippen LogP contribution in [0.4, 0.5) is 0 Å². The lowest BCUT2D eigenvalue weighted by Crippen LogP contribution is -2.30. The highest BCUT2D eigenvalue weighted by atomic mass is 16.6. The predicted octanol–water partition coefficient (Wildman–Crippen LogP) is 26.2. The molecule has 6 heteroatoms. The van der Waals surface area contributed by atoms with Crippen LogP contribution < -0.4 is 0 Å². The Labute approximate surface area is 514 Å². The SMILES string of the molecule is CCCCCCCCCCCCCCCCCCCCCCCCCCCCCCCCCC(=O)OCC(COC(=O)CCCCCCCC)OC(=O)CCCCCCCCCCCCCCCCCCCCCCCCCCCCC. The lowest BCUT2D eigenvalue weighted by Gasteiger charge is -2.18. The third-order valence-electron chi connectivity index (χ3n) is 17.9. The van der Waals surface area contributed by atoms with Gasteiger partial charge in [0.1, 0.15) is 13.2 Å². The Morgan fingerprint density at radius 3 is 0.488 bits per heavy atom. The van der Waals surface area contributed by atoms with E-state index >= 15 is 0 Å².